The van der Waals surface area contributed by atoms with Gasteiger partial charge in [0.05, 0.1) is 11.7 Å². The summed E-state index contributed by atoms with van der Waals surface area (Å²) >= 11 is 0. The molecule has 0 unspecified atom stereocenters. The van der Waals surface area contributed by atoms with Gasteiger partial charge in [-0.05, 0) is 30.9 Å². The first kappa shape index (κ1) is 10.5. The van der Waals surface area contributed by atoms with Crippen molar-refractivity contribution in [1.82, 2.24) is 9.97 Å². The molecule has 0 radical (unpaired) electrons. The molecule has 3 nitrogen and oxygen atoms in total. The minimum Gasteiger partial charge on any atom is -0.320 e. The van der Waals surface area contributed by atoms with Crippen LogP contribution in [-0.4, -0.2) is 9.97 Å². The average Bonchev–Trinajstić information content (AvgIpc) is 2.39. The molecule has 1 aliphatic rings. The van der Waals surface area contributed by atoms with E-state index >= 15 is 0 Å². The van der Waals surface area contributed by atoms with Crippen molar-refractivity contribution in [2.24, 2.45) is 0 Å². The SMILES string of the molecule is O=c1[nH]c2cnccc2cc1C1CCCCC1. The Morgan fingerprint density at radius 1 is 1.24 bits per heavy atom. The van der Waals surface area contributed by atoms with Crippen LogP contribution in [0.1, 0.15) is 43.6 Å². The van der Waals surface area contributed by atoms with Crippen molar-refractivity contribution in [1.29, 1.82) is 0 Å². The predicted octanol–water partition coefficient (Wildman–Crippen LogP) is 2.97. The molecule has 0 aromatic carbocycles. The zero-order valence-electron chi connectivity index (χ0n) is 9.78. The minimum atomic E-state index is 0.0670. The Labute approximate surface area is 99.9 Å². The number of aromatic nitrogens is 2. The lowest BCUT2D eigenvalue weighted by atomic mass is 9.84. The van der Waals surface area contributed by atoms with Crippen LogP contribution in [0, 0.1) is 0 Å². The fourth-order valence-electron chi connectivity index (χ4n) is 2.78. The van der Waals surface area contributed by atoms with Crippen molar-refractivity contribution in [3.8, 4) is 0 Å². The summed E-state index contributed by atoms with van der Waals surface area (Å²) in [5.41, 5.74) is 1.86. The fraction of sp³-hybridized carbons (Fsp3) is 0.429. The van der Waals surface area contributed by atoms with Gasteiger partial charge in [-0.15, -0.1) is 0 Å². The van der Waals surface area contributed by atoms with Crippen LogP contribution in [-0.2, 0) is 0 Å². The average molecular weight is 228 g/mol. The van der Waals surface area contributed by atoms with Crippen LogP contribution in [0.5, 0.6) is 0 Å². The molecule has 0 bridgehead atoms. The second-order valence-electron chi connectivity index (χ2n) is 4.85. The van der Waals surface area contributed by atoms with Gasteiger partial charge in [0, 0.05) is 17.1 Å². The van der Waals surface area contributed by atoms with Gasteiger partial charge >= 0.3 is 0 Å². The molecule has 3 rings (SSSR count). The van der Waals surface area contributed by atoms with Gasteiger partial charge in [0.25, 0.3) is 5.56 Å². The van der Waals surface area contributed by atoms with E-state index in [0.717, 1.165) is 29.3 Å². The third-order valence-electron chi connectivity index (χ3n) is 3.72. The van der Waals surface area contributed by atoms with Gasteiger partial charge in [0.2, 0.25) is 0 Å². The fourth-order valence-corrected chi connectivity index (χ4v) is 2.78. The third-order valence-corrected chi connectivity index (χ3v) is 3.72. The van der Waals surface area contributed by atoms with Gasteiger partial charge in [0.1, 0.15) is 0 Å². The number of H-pyrrole nitrogens is 1. The third kappa shape index (κ3) is 1.97. The van der Waals surface area contributed by atoms with Crippen molar-refractivity contribution < 1.29 is 0 Å². The highest BCUT2D eigenvalue weighted by Crippen LogP contribution is 2.31. The molecule has 2 heterocycles. The van der Waals surface area contributed by atoms with Crippen LogP contribution in [0.4, 0.5) is 0 Å². The zero-order chi connectivity index (χ0) is 11.7. The molecule has 0 aliphatic heterocycles. The van der Waals surface area contributed by atoms with Crippen LogP contribution in [0.2, 0.25) is 0 Å². The van der Waals surface area contributed by atoms with E-state index in [1.54, 1.807) is 12.4 Å². The molecule has 1 saturated carbocycles. The van der Waals surface area contributed by atoms with Crippen molar-refractivity contribution in [2.45, 2.75) is 38.0 Å². The van der Waals surface area contributed by atoms with Crippen molar-refractivity contribution in [3.63, 3.8) is 0 Å². The molecule has 1 N–H and O–H groups in total. The Balaban J connectivity index is 2.09. The summed E-state index contributed by atoms with van der Waals surface area (Å²) in [6, 6.07) is 4.00. The molecule has 3 heteroatoms. The van der Waals surface area contributed by atoms with E-state index in [4.69, 9.17) is 0 Å². The Morgan fingerprint density at radius 2 is 2.06 bits per heavy atom. The Morgan fingerprint density at radius 3 is 2.88 bits per heavy atom. The van der Waals surface area contributed by atoms with Crippen LogP contribution in [0.25, 0.3) is 10.9 Å². The molecule has 1 aliphatic carbocycles. The van der Waals surface area contributed by atoms with E-state index in [1.807, 2.05) is 12.1 Å². The normalized spacial score (nSPS) is 17.4. The first-order valence-corrected chi connectivity index (χ1v) is 6.31. The topological polar surface area (TPSA) is 45.8 Å². The van der Waals surface area contributed by atoms with E-state index < -0.39 is 0 Å². The highest BCUT2D eigenvalue weighted by Gasteiger charge is 2.18. The second kappa shape index (κ2) is 4.32. The molecule has 0 spiro atoms. The quantitative estimate of drug-likeness (QED) is 0.815. The first-order valence-electron chi connectivity index (χ1n) is 6.31. The lowest BCUT2D eigenvalue weighted by Gasteiger charge is -2.21. The smallest absolute Gasteiger partial charge is 0.251 e. The summed E-state index contributed by atoms with van der Waals surface area (Å²) in [6.45, 7) is 0. The van der Waals surface area contributed by atoms with Gasteiger partial charge in [-0.2, -0.15) is 0 Å². The maximum Gasteiger partial charge on any atom is 0.251 e. The van der Waals surface area contributed by atoms with Crippen LogP contribution in [0.15, 0.2) is 29.3 Å². The Kier molecular flexibility index (Phi) is 2.67. The summed E-state index contributed by atoms with van der Waals surface area (Å²) in [7, 11) is 0. The molecular weight excluding hydrogens is 212 g/mol. The summed E-state index contributed by atoms with van der Waals surface area (Å²) in [4.78, 5) is 19.0. The van der Waals surface area contributed by atoms with E-state index in [-0.39, 0.29) is 5.56 Å². The Bertz CT molecular complexity index is 582. The molecule has 17 heavy (non-hydrogen) atoms. The lowest BCUT2D eigenvalue weighted by molar-refractivity contribution is 0.441. The number of aromatic amines is 1. The van der Waals surface area contributed by atoms with E-state index in [2.05, 4.69) is 9.97 Å². The maximum atomic E-state index is 12.0. The zero-order valence-corrected chi connectivity index (χ0v) is 9.78. The highest BCUT2D eigenvalue weighted by atomic mass is 16.1. The van der Waals surface area contributed by atoms with Gasteiger partial charge in [-0.3, -0.25) is 9.78 Å². The predicted molar refractivity (Wildman–Crippen MR) is 68.2 cm³/mol. The summed E-state index contributed by atoms with van der Waals surface area (Å²) in [5, 5.41) is 1.08. The summed E-state index contributed by atoms with van der Waals surface area (Å²) in [6.07, 6.45) is 9.59. The van der Waals surface area contributed by atoms with Gasteiger partial charge in [0.15, 0.2) is 0 Å². The molecule has 0 atom stereocenters. The highest BCUT2D eigenvalue weighted by molar-refractivity contribution is 5.77. The van der Waals surface area contributed by atoms with E-state index in [0.29, 0.717) is 5.92 Å². The molecule has 88 valence electrons. The summed E-state index contributed by atoms with van der Waals surface area (Å²) in [5.74, 6) is 0.449. The van der Waals surface area contributed by atoms with Gasteiger partial charge < -0.3 is 4.98 Å². The first-order chi connectivity index (χ1) is 8.34. The standard InChI is InChI=1S/C14H16N2O/c17-14-12(10-4-2-1-3-5-10)8-11-6-7-15-9-13(11)16-14/h6-10H,1-5H2,(H,16,17). The number of hydrogen-bond donors (Lipinski definition) is 1. The number of nitrogens with zero attached hydrogens (tertiary/aromatic N) is 1. The number of fused-ring (bicyclic) bond motifs is 1. The largest absolute Gasteiger partial charge is 0.320 e. The number of rotatable bonds is 1. The van der Waals surface area contributed by atoms with E-state index in [1.165, 1.54) is 19.3 Å². The summed E-state index contributed by atoms with van der Waals surface area (Å²) < 4.78 is 0. The number of hydrogen-bond acceptors (Lipinski definition) is 2. The molecule has 0 amide bonds. The Hall–Kier alpha value is -1.64. The second-order valence-corrected chi connectivity index (χ2v) is 4.85. The van der Waals surface area contributed by atoms with E-state index in [9.17, 15) is 4.79 Å². The minimum absolute atomic E-state index is 0.0670. The van der Waals surface area contributed by atoms with Crippen molar-refractivity contribution in [3.05, 3.63) is 40.4 Å². The molecule has 2 aromatic heterocycles. The number of pyridine rings is 2. The van der Waals surface area contributed by atoms with Crippen LogP contribution < -0.4 is 5.56 Å². The van der Waals surface area contributed by atoms with Crippen LogP contribution >= 0.6 is 0 Å². The van der Waals surface area contributed by atoms with Gasteiger partial charge in [-0.1, -0.05) is 19.3 Å². The van der Waals surface area contributed by atoms with Crippen LogP contribution in [0.3, 0.4) is 0 Å². The molecule has 2 aromatic rings. The van der Waals surface area contributed by atoms with Crippen molar-refractivity contribution in [2.75, 3.05) is 0 Å². The number of nitrogens with one attached hydrogen (secondary N) is 1. The molecular formula is C14H16N2O. The van der Waals surface area contributed by atoms with Gasteiger partial charge in [-0.25, -0.2) is 0 Å². The maximum absolute atomic E-state index is 12.0. The molecule has 1 fully saturated rings. The van der Waals surface area contributed by atoms with Crippen molar-refractivity contribution >= 4 is 10.9 Å². The monoisotopic (exact) mass is 228 g/mol. The lowest BCUT2D eigenvalue weighted by Crippen LogP contribution is -2.18. The molecule has 0 saturated heterocycles.